The number of benzene rings is 3. The van der Waals surface area contributed by atoms with E-state index in [0.29, 0.717) is 17.3 Å². The Morgan fingerprint density at radius 3 is 2.70 bits per heavy atom. The molecule has 0 spiro atoms. The number of amides is 2. The Kier molecular flexibility index (Phi) is 5.93. The van der Waals surface area contributed by atoms with Crippen molar-refractivity contribution in [2.24, 2.45) is 0 Å². The molecule has 4 nitrogen and oxygen atoms in total. The van der Waals surface area contributed by atoms with Gasteiger partial charge in [-0.25, -0.2) is 0 Å². The highest BCUT2D eigenvalue weighted by Gasteiger charge is 2.34. The zero-order chi connectivity index (χ0) is 21.1. The van der Waals surface area contributed by atoms with Gasteiger partial charge in [-0.05, 0) is 67.8 Å². The fourth-order valence-electron chi connectivity index (χ4n) is 3.18. The van der Waals surface area contributed by atoms with E-state index < -0.39 is 0 Å². The molecule has 4 rings (SSSR count). The Morgan fingerprint density at radius 1 is 1.10 bits per heavy atom. The van der Waals surface area contributed by atoms with E-state index in [2.05, 4.69) is 46.1 Å². The molecule has 0 bridgehead atoms. The summed E-state index contributed by atoms with van der Waals surface area (Å²) in [5.41, 5.74) is 1.89. The third-order valence-electron chi connectivity index (χ3n) is 4.64. The smallest absolute Gasteiger partial charge is 0.294 e. The van der Waals surface area contributed by atoms with Gasteiger partial charge in [0.25, 0.3) is 11.1 Å². The monoisotopic (exact) mass is 477 g/mol. The number of rotatable bonds is 5. The highest BCUT2D eigenvalue weighted by Crippen LogP contribution is 2.34. The molecular formula is C24H16BrNO3S. The number of carbonyl (C=O) groups is 2. The van der Waals surface area contributed by atoms with Crippen molar-refractivity contribution in [2.75, 3.05) is 6.54 Å². The molecule has 0 radical (unpaired) electrons. The van der Waals surface area contributed by atoms with E-state index in [0.717, 1.165) is 37.6 Å². The van der Waals surface area contributed by atoms with Crippen LogP contribution in [0.25, 0.3) is 16.8 Å². The summed E-state index contributed by atoms with van der Waals surface area (Å²) in [6, 6.07) is 19.9. The molecule has 30 heavy (non-hydrogen) atoms. The number of fused-ring (bicyclic) bond motifs is 1. The van der Waals surface area contributed by atoms with E-state index >= 15 is 0 Å². The molecule has 6 heteroatoms. The number of terminal acetylenes is 1. The lowest BCUT2D eigenvalue weighted by Gasteiger charge is -2.11. The van der Waals surface area contributed by atoms with Crippen molar-refractivity contribution < 1.29 is 14.3 Å². The summed E-state index contributed by atoms with van der Waals surface area (Å²) in [5.74, 6) is 2.66. The number of ether oxygens (including phenoxy) is 1. The Labute approximate surface area is 187 Å². The van der Waals surface area contributed by atoms with Gasteiger partial charge in [0.1, 0.15) is 12.4 Å². The minimum atomic E-state index is -0.365. The van der Waals surface area contributed by atoms with Gasteiger partial charge in [0, 0.05) is 0 Å². The van der Waals surface area contributed by atoms with Crippen molar-refractivity contribution in [1.82, 2.24) is 4.90 Å². The first kappa shape index (κ1) is 20.3. The van der Waals surface area contributed by atoms with Crippen LogP contribution in [0.3, 0.4) is 0 Å². The van der Waals surface area contributed by atoms with Crippen LogP contribution in [0.15, 0.2) is 70.0 Å². The van der Waals surface area contributed by atoms with Gasteiger partial charge in [-0.2, -0.15) is 0 Å². The fourth-order valence-corrected chi connectivity index (χ4v) is 4.53. The zero-order valence-corrected chi connectivity index (χ0v) is 18.2. The van der Waals surface area contributed by atoms with Crippen molar-refractivity contribution in [1.29, 1.82) is 0 Å². The topological polar surface area (TPSA) is 46.6 Å². The van der Waals surface area contributed by atoms with E-state index in [9.17, 15) is 9.59 Å². The van der Waals surface area contributed by atoms with Crippen LogP contribution in [0.4, 0.5) is 4.79 Å². The summed E-state index contributed by atoms with van der Waals surface area (Å²) in [6.07, 6.45) is 6.90. The Hall–Kier alpha value is -3.01. The summed E-state index contributed by atoms with van der Waals surface area (Å²) < 4.78 is 6.78. The lowest BCUT2D eigenvalue weighted by atomic mass is 10.1. The minimum absolute atomic E-state index is 0.0212. The maximum Gasteiger partial charge on any atom is 0.294 e. The second-order valence-electron chi connectivity index (χ2n) is 6.59. The number of thioether (sulfide) groups is 1. The predicted molar refractivity (Wildman–Crippen MR) is 124 cm³/mol. The molecule has 0 unspecified atom stereocenters. The second-order valence-corrected chi connectivity index (χ2v) is 8.44. The van der Waals surface area contributed by atoms with E-state index in [4.69, 9.17) is 11.2 Å². The molecule has 3 aromatic carbocycles. The predicted octanol–water partition coefficient (Wildman–Crippen LogP) is 5.85. The van der Waals surface area contributed by atoms with Crippen molar-refractivity contribution >= 4 is 55.7 Å². The first-order valence-electron chi connectivity index (χ1n) is 9.14. The average molecular weight is 478 g/mol. The van der Waals surface area contributed by atoms with Gasteiger partial charge in [-0.1, -0.05) is 54.5 Å². The number of imide groups is 1. The molecule has 3 aromatic rings. The maximum atomic E-state index is 12.3. The minimum Gasteiger partial charge on any atom is -0.488 e. The van der Waals surface area contributed by atoms with Gasteiger partial charge in [0.2, 0.25) is 0 Å². The molecule has 2 amide bonds. The number of hydrogen-bond acceptors (Lipinski definition) is 4. The van der Waals surface area contributed by atoms with Crippen LogP contribution in [0.5, 0.6) is 5.75 Å². The lowest BCUT2D eigenvalue weighted by molar-refractivity contribution is -0.122. The van der Waals surface area contributed by atoms with Crippen LogP contribution >= 0.6 is 27.7 Å². The molecule has 1 aliphatic rings. The summed E-state index contributed by atoms with van der Waals surface area (Å²) >= 11 is 4.43. The fraction of sp³-hybridized carbons (Fsp3) is 0.0833. The molecule has 1 saturated heterocycles. The molecule has 1 aliphatic heterocycles. The summed E-state index contributed by atoms with van der Waals surface area (Å²) in [6.45, 7) is 0.414. The molecule has 148 valence electrons. The van der Waals surface area contributed by atoms with Gasteiger partial charge in [-0.15, -0.1) is 6.42 Å². The third kappa shape index (κ3) is 4.13. The normalized spacial score (nSPS) is 15.1. The summed E-state index contributed by atoms with van der Waals surface area (Å²) in [4.78, 5) is 25.6. The SMILES string of the molecule is C#CCN1C(=O)S/C(=C/c2ccc(OCc3cccc4ccccc34)c(Br)c2)C1=O. The van der Waals surface area contributed by atoms with Crippen LogP contribution < -0.4 is 4.74 Å². The number of halogens is 1. The highest BCUT2D eigenvalue weighted by atomic mass is 79.9. The maximum absolute atomic E-state index is 12.3. The quantitative estimate of drug-likeness (QED) is 0.341. The molecule has 1 fully saturated rings. The molecule has 0 N–H and O–H groups in total. The second kappa shape index (κ2) is 8.78. The van der Waals surface area contributed by atoms with Crippen molar-refractivity contribution in [2.45, 2.75) is 6.61 Å². The summed E-state index contributed by atoms with van der Waals surface area (Å²) in [7, 11) is 0. The van der Waals surface area contributed by atoms with Gasteiger partial charge in [0.05, 0.1) is 15.9 Å². The Morgan fingerprint density at radius 2 is 1.90 bits per heavy atom. The Bertz CT molecular complexity index is 1220. The molecule has 0 aliphatic carbocycles. The molecule has 0 atom stereocenters. The van der Waals surface area contributed by atoms with Crippen LogP contribution in [-0.4, -0.2) is 22.6 Å². The van der Waals surface area contributed by atoms with E-state index in [-0.39, 0.29) is 17.7 Å². The van der Waals surface area contributed by atoms with Crippen LogP contribution in [0.2, 0.25) is 0 Å². The van der Waals surface area contributed by atoms with Crippen LogP contribution in [-0.2, 0) is 11.4 Å². The van der Waals surface area contributed by atoms with Gasteiger partial charge >= 0.3 is 0 Å². The molecular weight excluding hydrogens is 462 g/mol. The molecule has 0 saturated carbocycles. The van der Waals surface area contributed by atoms with E-state index in [1.807, 2.05) is 36.4 Å². The largest absolute Gasteiger partial charge is 0.488 e. The third-order valence-corrected chi connectivity index (χ3v) is 6.17. The zero-order valence-electron chi connectivity index (χ0n) is 15.8. The van der Waals surface area contributed by atoms with Gasteiger partial charge in [0.15, 0.2) is 0 Å². The van der Waals surface area contributed by atoms with Gasteiger partial charge in [-0.3, -0.25) is 14.5 Å². The first-order valence-corrected chi connectivity index (χ1v) is 10.8. The van der Waals surface area contributed by atoms with Crippen molar-refractivity contribution in [3.63, 3.8) is 0 Å². The lowest BCUT2D eigenvalue weighted by Crippen LogP contribution is -2.28. The van der Waals surface area contributed by atoms with Crippen molar-refractivity contribution in [3.8, 4) is 18.1 Å². The number of carbonyl (C=O) groups excluding carboxylic acids is 2. The molecule has 0 aromatic heterocycles. The highest BCUT2D eigenvalue weighted by molar-refractivity contribution is 9.10. The number of hydrogen-bond donors (Lipinski definition) is 0. The summed E-state index contributed by atoms with van der Waals surface area (Å²) in [5, 5.41) is 1.99. The molecule has 1 heterocycles. The van der Waals surface area contributed by atoms with Crippen LogP contribution in [0, 0.1) is 12.3 Å². The van der Waals surface area contributed by atoms with Crippen molar-refractivity contribution in [3.05, 3.63) is 81.2 Å². The first-order chi connectivity index (χ1) is 14.6. The van der Waals surface area contributed by atoms with E-state index in [1.54, 1.807) is 6.08 Å². The Balaban J connectivity index is 1.51. The van der Waals surface area contributed by atoms with E-state index in [1.165, 1.54) is 5.39 Å². The average Bonchev–Trinajstić information content (AvgIpc) is 3.01. The van der Waals surface area contributed by atoms with Crippen LogP contribution in [0.1, 0.15) is 11.1 Å². The van der Waals surface area contributed by atoms with Gasteiger partial charge < -0.3 is 4.74 Å². The number of nitrogens with zero attached hydrogens (tertiary/aromatic N) is 1. The standard InChI is InChI=1S/C24H16BrNO3S/c1-2-12-26-23(27)22(30-24(26)28)14-16-10-11-21(20(25)13-16)29-15-18-8-5-7-17-6-3-4-9-19(17)18/h1,3-11,13-14H,12,15H2/b22-14+.